The molecule has 88 valence electrons. The lowest BCUT2D eigenvalue weighted by atomic mass is 9.80. The van der Waals surface area contributed by atoms with Gasteiger partial charge in [0.2, 0.25) is 5.91 Å². The van der Waals surface area contributed by atoms with Crippen LogP contribution in [0.15, 0.2) is 0 Å². The smallest absolute Gasteiger partial charge is 0.247 e. The van der Waals surface area contributed by atoms with Gasteiger partial charge in [0, 0.05) is 12.6 Å². The molecule has 0 aromatic rings. The molecule has 0 heterocycles. The van der Waals surface area contributed by atoms with Crippen LogP contribution in [0.4, 0.5) is 0 Å². The van der Waals surface area contributed by atoms with Gasteiger partial charge in [-0.25, -0.2) is 0 Å². The Morgan fingerprint density at radius 2 is 2.20 bits per heavy atom. The molecule has 0 aromatic carbocycles. The molecule has 4 unspecified atom stereocenters. The van der Waals surface area contributed by atoms with E-state index in [9.17, 15) is 9.90 Å². The zero-order valence-electron chi connectivity index (χ0n) is 9.57. The monoisotopic (exact) mass is 214 g/mol. The van der Waals surface area contributed by atoms with E-state index in [1.54, 1.807) is 0 Å². The topological polar surface area (TPSA) is 75.3 Å². The summed E-state index contributed by atoms with van der Waals surface area (Å²) in [6, 6.07) is 0.412. The highest BCUT2D eigenvalue weighted by Gasteiger charge is 2.25. The number of amides is 1. The molecule has 0 aliphatic heterocycles. The zero-order valence-corrected chi connectivity index (χ0v) is 9.57. The minimum absolute atomic E-state index is 0.277. The van der Waals surface area contributed by atoms with Gasteiger partial charge in [0.25, 0.3) is 0 Å². The molecule has 4 N–H and O–H groups in total. The summed E-state index contributed by atoms with van der Waals surface area (Å²) in [5, 5.41) is 12.5. The number of hydrogen-bond acceptors (Lipinski definition) is 3. The fourth-order valence-electron chi connectivity index (χ4n) is 2.33. The first-order valence-electron chi connectivity index (χ1n) is 5.71. The van der Waals surface area contributed by atoms with Gasteiger partial charge in [0.1, 0.15) is 6.10 Å². The molecule has 4 heteroatoms. The van der Waals surface area contributed by atoms with Crippen molar-refractivity contribution in [3.8, 4) is 0 Å². The lowest BCUT2D eigenvalue weighted by Gasteiger charge is -2.33. The Labute approximate surface area is 91.2 Å². The van der Waals surface area contributed by atoms with Crippen LogP contribution in [0.2, 0.25) is 0 Å². The summed E-state index contributed by atoms with van der Waals surface area (Å²) in [7, 11) is 0. The summed E-state index contributed by atoms with van der Waals surface area (Å²) < 4.78 is 0. The number of aliphatic hydroxyl groups is 1. The average molecular weight is 214 g/mol. The van der Waals surface area contributed by atoms with Crippen LogP contribution in [0.3, 0.4) is 0 Å². The van der Waals surface area contributed by atoms with Crippen LogP contribution in [-0.4, -0.2) is 29.7 Å². The van der Waals surface area contributed by atoms with Crippen LogP contribution < -0.4 is 11.1 Å². The normalized spacial score (nSPS) is 33.7. The maximum Gasteiger partial charge on any atom is 0.247 e. The van der Waals surface area contributed by atoms with Crippen LogP contribution in [0, 0.1) is 11.8 Å². The van der Waals surface area contributed by atoms with E-state index in [-0.39, 0.29) is 6.54 Å². The summed E-state index contributed by atoms with van der Waals surface area (Å²) >= 11 is 0. The predicted molar refractivity (Wildman–Crippen MR) is 59.2 cm³/mol. The standard InChI is InChI=1S/C11H22N2O2/c1-7-3-4-9(8(2)5-7)13-6-10(14)11(12)15/h7-10,13-14H,3-6H2,1-2H3,(H2,12,15). The van der Waals surface area contributed by atoms with Crippen molar-refractivity contribution in [1.29, 1.82) is 0 Å². The molecule has 0 bridgehead atoms. The highest BCUT2D eigenvalue weighted by molar-refractivity contribution is 5.78. The number of hydrogen-bond donors (Lipinski definition) is 3. The molecule has 4 nitrogen and oxygen atoms in total. The molecule has 1 saturated carbocycles. The molecular weight excluding hydrogens is 192 g/mol. The van der Waals surface area contributed by atoms with E-state index in [1.165, 1.54) is 12.8 Å². The SMILES string of the molecule is CC1CCC(NCC(O)C(N)=O)C(C)C1. The Morgan fingerprint density at radius 3 is 2.73 bits per heavy atom. The van der Waals surface area contributed by atoms with Crippen molar-refractivity contribution < 1.29 is 9.90 Å². The third-order valence-electron chi connectivity index (χ3n) is 3.33. The highest BCUT2D eigenvalue weighted by Crippen LogP contribution is 2.28. The van der Waals surface area contributed by atoms with Gasteiger partial charge >= 0.3 is 0 Å². The van der Waals surface area contributed by atoms with Crippen molar-refractivity contribution in [3.05, 3.63) is 0 Å². The molecule has 0 aromatic heterocycles. The van der Waals surface area contributed by atoms with Gasteiger partial charge in [-0.3, -0.25) is 4.79 Å². The largest absolute Gasteiger partial charge is 0.382 e. The second-order valence-corrected chi connectivity index (χ2v) is 4.83. The molecule has 15 heavy (non-hydrogen) atoms. The lowest BCUT2D eigenvalue weighted by molar-refractivity contribution is -0.125. The van der Waals surface area contributed by atoms with E-state index >= 15 is 0 Å². The third-order valence-corrected chi connectivity index (χ3v) is 3.33. The molecule has 1 rings (SSSR count). The highest BCUT2D eigenvalue weighted by atomic mass is 16.3. The van der Waals surface area contributed by atoms with E-state index in [0.29, 0.717) is 12.0 Å². The van der Waals surface area contributed by atoms with Gasteiger partial charge < -0.3 is 16.2 Å². The molecule has 1 aliphatic rings. The van der Waals surface area contributed by atoms with E-state index < -0.39 is 12.0 Å². The molecule has 4 atom stereocenters. The molecule has 1 aliphatic carbocycles. The van der Waals surface area contributed by atoms with Crippen molar-refractivity contribution in [1.82, 2.24) is 5.32 Å². The van der Waals surface area contributed by atoms with Crippen molar-refractivity contribution >= 4 is 5.91 Å². The number of rotatable bonds is 4. The Bertz CT molecular complexity index is 221. The third kappa shape index (κ3) is 3.80. The molecule has 0 radical (unpaired) electrons. The quantitative estimate of drug-likeness (QED) is 0.628. The minimum atomic E-state index is -1.06. The maximum absolute atomic E-state index is 10.6. The summed E-state index contributed by atoms with van der Waals surface area (Å²) in [5.74, 6) is 0.743. The van der Waals surface area contributed by atoms with Gasteiger partial charge in [0.05, 0.1) is 0 Å². The Balaban J connectivity index is 2.29. The average Bonchev–Trinajstić information content (AvgIpc) is 2.15. The van der Waals surface area contributed by atoms with Gasteiger partial charge in [0.15, 0.2) is 0 Å². The Morgan fingerprint density at radius 1 is 1.53 bits per heavy atom. The van der Waals surface area contributed by atoms with Crippen molar-refractivity contribution in [2.24, 2.45) is 17.6 Å². The van der Waals surface area contributed by atoms with Gasteiger partial charge in [-0.2, -0.15) is 0 Å². The molecular formula is C11H22N2O2. The molecule has 0 saturated heterocycles. The summed E-state index contributed by atoms with van der Waals surface area (Å²) in [5.41, 5.74) is 4.98. The van der Waals surface area contributed by atoms with E-state index in [2.05, 4.69) is 19.2 Å². The van der Waals surface area contributed by atoms with Gasteiger partial charge in [-0.15, -0.1) is 0 Å². The van der Waals surface area contributed by atoms with Crippen LogP contribution in [0.1, 0.15) is 33.1 Å². The number of primary amides is 1. The first-order valence-corrected chi connectivity index (χ1v) is 5.71. The maximum atomic E-state index is 10.6. The minimum Gasteiger partial charge on any atom is -0.382 e. The van der Waals surface area contributed by atoms with Crippen LogP contribution >= 0.6 is 0 Å². The number of carbonyl (C=O) groups excluding carboxylic acids is 1. The lowest BCUT2D eigenvalue weighted by Crippen LogP contribution is -2.45. The first kappa shape index (κ1) is 12.5. The van der Waals surface area contributed by atoms with Crippen LogP contribution in [-0.2, 0) is 4.79 Å². The van der Waals surface area contributed by atoms with Crippen molar-refractivity contribution in [3.63, 3.8) is 0 Å². The number of carbonyl (C=O) groups is 1. The Hall–Kier alpha value is -0.610. The summed E-state index contributed by atoms with van der Waals surface area (Å²) in [4.78, 5) is 10.6. The number of aliphatic hydroxyl groups excluding tert-OH is 1. The fourth-order valence-corrected chi connectivity index (χ4v) is 2.33. The van der Waals surface area contributed by atoms with Crippen molar-refractivity contribution in [2.45, 2.75) is 45.3 Å². The van der Waals surface area contributed by atoms with E-state index in [0.717, 1.165) is 12.3 Å². The molecule has 1 amide bonds. The van der Waals surface area contributed by atoms with E-state index in [1.807, 2.05) is 0 Å². The zero-order chi connectivity index (χ0) is 11.4. The number of nitrogens with one attached hydrogen (secondary N) is 1. The molecule has 1 fully saturated rings. The fraction of sp³-hybridized carbons (Fsp3) is 0.909. The first-order chi connectivity index (χ1) is 7.00. The number of nitrogens with two attached hydrogens (primary N) is 1. The summed E-state index contributed by atoms with van der Waals surface area (Å²) in [6.45, 7) is 4.76. The van der Waals surface area contributed by atoms with Crippen molar-refractivity contribution in [2.75, 3.05) is 6.54 Å². The predicted octanol–water partition coefficient (Wildman–Crippen LogP) is 0.247. The Kier molecular flexibility index (Phi) is 4.54. The molecule has 0 spiro atoms. The summed E-state index contributed by atoms with van der Waals surface area (Å²) in [6.07, 6.45) is 2.49. The van der Waals surface area contributed by atoms with E-state index in [4.69, 9.17) is 5.73 Å². The van der Waals surface area contributed by atoms with Crippen LogP contribution in [0.25, 0.3) is 0 Å². The van der Waals surface area contributed by atoms with Gasteiger partial charge in [-0.05, 0) is 31.1 Å². The second kappa shape index (κ2) is 5.47. The second-order valence-electron chi connectivity index (χ2n) is 4.83. The van der Waals surface area contributed by atoms with Crippen LogP contribution in [0.5, 0.6) is 0 Å². The van der Waals surface area contributed by atoms with Gasteiger partial charge in [-0.1, -0.05) is 13.8 Å².